The van der Waals surface area contributed by atoms with E-state index in [0.29, 0.717) is 11.3 Å². The van der Waals surface area contributed by atoms with E-state index in [2.05, 4.69) is 57.0 Å². The van der Waals surface area contributed by atoms with E-state index in [9.17, 15) is 4.79 Å². The van der Waals surface area contributed by atoms with Gasteiger partial charge in [-0.2, -0.15) is 5.10 Å². The Balaban J connectivity index is 1.83. The summed E-state index contributed by atoms with van der Waals surface area (Å²) >= 11 is 3.66. The molecule has 1 amide bonds. The summed E-state index contributed by atoms with van der Waals surface area (Å²) < 4.78 is 8.24. The minimum atomic E-state index is -0.275. The molecule has 1 N–H and O–H groups in total. The molecule has 0 aliphatic rings. The Labute approximate surface area is 173 Å². The number of carbonyl (C=O) groups excluding carboxylic acids is 1. The van der Waals surface area contributed by atoms with Crippen molar-refractivity contribution in [3.05, 3.63) is 81.1 Å². The monoisotopic (exact) mass is 439 g/mol. The normalized spacial score (nSPS) is 11.0. The second kappa shape index (κ2) is 8.44. The number of ether oxygens (including phenoxy) is 1. The number of methoxy groups -OCH3 is 1. The van der Waals surface area contributed by atoms with Gasteiger partial charge < -0.3 is 9.30 Å². The highest BCUT2D eigenvalue weighted by Gasteiger charge is 2.16. The van der Waals surface area contributed by atoms with E-state index in [1.807, 2.05) is 19.1 Å². The van der Waals surface area contributed by atoms with Crippen LogP contribution in [-0.4, -0.2) is 23.8 Å². The molecule has 1 aromatic heterocycles. The van der Waals surface area contributed by atoms with Crippen LogP contribution in [-0.2, 0) is 0 Å². The maximum absolute atomic E-state index is 12.3. The zero-order valence-electron chi connectivity index (χ0n) is 16.3. The average molecular weight is 440 g/mol. The fraction of sp³-hybridized carbons (Fsp3) is 0.182. The van der Waals surface area contributed by atoms with Crippen LogP contribution in [0.5, 0.6) is 5.75 Å². The number of benzene rings is 2. The number of amides is 1. The molecule has 3 rings (SSSR count). The Morgan fingerprint density at radius 2 is 1.75 bits per heavy atom. The lowest BCUT2D eigenvalue weighted by molar-refractivity contribution is 0.0955. The summed E-state index contributed by atoms with van der Waals surface area (Å²) in [7, 11) is 1.59. The van der Waals surface area contributed by atoms with Crippen molar-refractivity contribution in [2.24, 2.45) is 5.10 Å². The molecule has 0 radical (unpaired) electrons. The van der Waals surface area contributed by atoms with Crippen molar-refractivity contribution >= 4 is 28.1 Å². The zero-order chi connectivity index (χ0) is 20.3. The number of rotatable bonds is 5. The number of para-hydroxylation sites is 1. The lowest BCUT2D eigenvalue weighted by atomic mass is 10.2. The van der Waals surface area contributed by atoms with Gasteiger partial charge in [-0.05, 0) is 72.6 Å². The van der Waals surface area contributed by atoms with Crippen LogP contribution in [0.4, 0.5) is 0 Å². The number of hydrogen-bond donors (Lipinski definition) is 1. The lowest BCUT2D eigenvalue weighted by Gasteiger charge is -2.12. The fourth-order valence-corrected chi connectivity index (χ4v) is 3.68. The third-order valence-electron chi connectivity index (χ3n) is 4.68. The Morgan fingerprint density at radius 3 is 2.39 bits per heavy atom. The predicted octanol–water partition coefficient (Wildman–Crippen LogP) is 4.94. The van der Waals surface area contributed by atoms with E-state index in [0.717, 1.165) is 27.1 Å². The van der Waals surface area contributed by atoms with Crippen molar-refractivity contribution in [1.82, 2.24) is 9.99 Å². The van der Waals surface area contributed by atoms with Crippen LogP contribution < -0.4 is 10.2 Å². The molecule has 0 saturated carbocycles. The summed E-state index contributed by atoms with van der Waals surface area (Å²) in [5, 5.41) is 4.15. The van der Waals surface area contributed by atoms with Gasteiger partial charge in [-0.15, -0.1) is 0 Å². The van der Waals surface area contributed by atoms with Gasteiger partial charge in [0, 0.05) is 32.7 Å². The zero-order valence-corrected chi connectivity index (χ0v) is 17.9. The molecule has 0 spiro atoms. The van der Waals surface area contributed by atoms with Crippen molar-refractivity contribution in [2.45, 2.75) is 20.8 Å². The third kappa shape index (κ3) is 3.87. The van der Waals surface area contributed by atoms with Crippen LogP contribution >= 0.6 is 15.9 Å². The molecule has 5 nitrogen and oxygen atoms in total. The van der Waals surface area contributed by atoms with Gasteiger partial charge in [0.2, 0.25) is 0 Å². The predicted molar refractivity (Wildman–Crippen MR) is 116 cm³/mol. The largest absolute Gasteiger partial charge is 0.497 e. The molecule has 28 heavy (non-hydrogen) atoms. The SMILES string of the molecule is COc1ccc(C(=O)N/N=C\c2c(Br)c(C)n(-c3ccccc3C)c2C)cc1. The van der Waals surface area contributed by atoms with Gasteiger partial charge in [-0.1, -0.05) is 18.2 Å². The van der Waals surface area contributed by atoms with Crippen LogP contribution in [0.2, 0.25) is 0 Å². The Bertz CT molecular complexity index is 1040. The van der Waals surface area contributed by atoms with Gasteiger partial charge >= 0.3 is 0 Å². The summed E-state index contributed by atoms with van der Waals surface area (Å²) in [6.07, 6.45) is 1.67. The Morgan fingerprint density at radius 1 is 1.07 bits per heavy atom. The topological polar surface area (TPSA) is 55.6 Å². The minimum absolute atomic E-state index is 0.275. The second-order valence-corrected chi connectivity index (χ2v) is 7.24. The molecule has 0 unspecified atom stereocenters. The van der Waals surface area contributed by atoms with Crippen molar-refractivity contribution in [1.29, 1.82) is 0 Å². The number of aryl methyl sites for hydroxylation is 1. The first-order valence-electron chi connectivity index (χ1n) is 8.85. The minimum Gasteiger partial charge on any atom is -0.497 e. The van der Waals surface area contributed by atoms with Gasteiger partial charge in [0.15, 0.2) is 0 Å². The summed E-state index contributed by atoms with van der Waals surface area (Å²) in [6.45, 7) is 6.18. The number of hydrogen-bond acceptors (Lipinski definition) is 3. The van der Waals surface area contributed by atoms with Gasteiger partial charge in [0.1, 0.15) is 5.75 Å². The maximum atomic E-state index is 12.3. The van der Waals surface area contributed by atoms with E-state index >= 15 is 0 Å². The quantitative estimate of drug-likeness (QED) is 0.452. The number of nitrogens with one attached hydrogen (secondary N) is 1. The van der Waals surface area contributed by atoms with Crippen LogP contribution in [0.3, 0.4) is 0 Å². The lowest BCUT2D eigenvalue weighted by Crippen LogP contribution is -2.17. The summed E-state index contributed by atoms with van der Waals surface area (Å²) in [6, 6.07) is 15.1. The summed E-state index contributed by atoms with van der Waals surface area (Å²) in [4.78, 5) is 12.3. The van der Waals surface area contributed by atoms with E-state index in [1.165, 1.54) is 5.56 Å². The third-order valence-corrected chi connectivity index (χ3v) is 5.68. The molecular formula is C22H22BrN3O2. The molecule has 144 valence electrons. The highest BCUT2D eigenvalue weighted by Crippen LogP contribution is 2.30. The van der Waals surface area contributed by atoms with Crippen molar-refractivity contribution in [2.75, 3.05) is 7.11 Å². The maximum Gasteiger partial charge on any atom is 0.271 e. The molecule has 6 heteroatoms. The molecule has 0 saturated heterocycles. The molecule has 2 aromatic carbocycles. The fourth-order valence-electron chi connectivity index (χ4n) is 3.11. The molecule has 0 bridgehead atoms. The van der Waals surface area contributed by atoms with Gasteiger partial charge in [-0.25, -0.2) is 5.43 Å². The van der Waals surface area contributed by atoms with Crippen molar-refractivity contribution in [3.63, 3.8) is 0 Å². The van der Waals surface area contributed by atoms with E-state index in [1.54, 1.807) is 37.6 Å². The smallest absolute Gasteiger partial charge is 0.271 e. The number of aromatic nitrogens is 1. The summed E-state index contributed by atoms with van der Waals surface area (Å²) in [5.41, 5.74) is 8.46. The second-order valence-electron chi connectivity index (χ2n) is 6.45. The number of halogens is 1. The molecule has 0 atom stereocenters. The molecule has 3 aromatic rings. The first-order valence-corrected chi connectivity index (χ1v) is 9.64. The Kier molecular flexibility index (Phi) is 5.99. The number of nitrogens with zero attached hydrogens (tertiary/aromatic N) is 2. The van der Waals surface area contributed by atoms with Crippen LogP contribution in [0.1, 0.15) is 32.9 Å². The van der Waals surface area contributed by atoms with Gasteiger partial charge in [-0.3, -0.25) is 4.79 Å². The molecule has 0 aliphatic carbocycles. The highest BCUT2D eigenvalue weighted by atomic mass is 79.9. The standard InChI is InChI=1S/C22H22BrN3O2/c1-14-7-5-6-8-20(14)26-15(2)19(21(23)16(26)3)13-24-25-22(27)17-9-11-18(28-4)12-10-17/h5-13H,1-4H3,(H,25,27)/b24-13-. The number of carbonyl (C=O) groups is 1. The van der Waals surface area contributed by atoms with Gasteiger partial charge in [0.05, 0.1) is 13.3 Å². The Hall–Kier alpha value is -2.86. The van der Waals surface area contributed by atoms with Crippen LogP contribution in [0, 0.1) is 20.8 Å². The molecular weight excluding hydrogens is 418 g/mol. The molecule has 0 fully saturated rings. The van der Waals surface area contributed by atoms with E-state index in [4.69, 9.17) is 4.74 Å². The summed E-state index contributed by atoms with van der Waals surface area (Å²) in [5.74, 6) is 0.426. The first kappa shape index (κ1) is 19.9. The van der Waals surface area contributed by atoms with Crippen molar-refractivity contribution in [3.8, 4) is 11.4 Å². The molecule has 1 heterocycles. The van der Waals surface area contributed by atoms with E-state index < -0.39 is 0 Å². The van der Waals surface area contributed by atoms with Gasteiger partial charge in [0.25, 0.3) is 5.91 Å². The van der Waals surface area contributed by atoms with Crippen LogP contribution in [0.15, 0.2) is 58.1 Å². The van der Waals surface area contributed by atoms with Crippen molar-refractivity contribution < 1.29 is 9.53 Å². The first-order chi connectivity index (χ1) is 13.4. The highest BCUT2D eigenvalue weighted by molar-refractivity contribution is 9.10. The van der Waals surface area contributed by atoms with Crippen LogP contribution in [0.25, 0.3) is 5.69 Å². The average Bonchev–Trinajstić information content (AvgIpc) is 2.91. The van der Waals surface area contributed by atoms with E-state index in [-0.39, 0.29) is 5.91 Å². The molecule has 0 aliphatic heterocycles. The number of hydrazone groups is 1.